The Kier molecular flexibility index (Phi) is 3.65. The van der Waals surface area contributed by atoms with Crippen molar-refractivity contribution < 1.29 is 4.74 Å². The van der Waals surface area contributed by atoms with Crippen molar-refractivity contribution in [1.29, 1.82) is 0 Å². The van der Waals surface area contributed by atoms with Gasteiger partial charge in [0.05, 0.1) is 11.6 Å². The van der Waals surface area contributed by atoms with E-state index in [9.17, 15) is 0 Å². The van der Waals surface area contributed by atoms with Crippen LogP contribution in [0.25, 0.3) is 0 Å². The van der Waals surface area contributed by atoms with Gasteiger partial charge in [0, 0.05) is 12.8 Å². The lowest BCUT2D eigenvalue weighted by Gasteiger charge is -2.22. The zero-order chi connectivity index (χ0) is 10.7. The van der Waals surface area contributed by atoms with Crippen molar-refractivity contribution in [2.45, 2.75) is 44.7 Å². The van der Waals surface area contributed by atoms with Crippen molar-refractivity contribution >= 4 is 11.6 Å². The summed E-state index contributed by atoms with van der Waals surface area (Å²) in [6.07, 6.45) is 6.64. The van der Waals surface area contributed by atoms with E-state index in [-0.39, 0.29) is 6.23 Å². The first-order valence-electron chi connectivity index (χ1n) is 5.59. The number of alkyl halides is 1. The van der Waals surface area contributed by atoms with Crippen LogP contribution in [0, 0.1) is 0 Å². The van der Waals surface area contributed by atoms with Crippen LogP contribution in [-0.2, 0) is 17.0 Å². The van der Waals surface area contributed by atoms with E-state index in [1.165, 1.54) is 18.4 Å². The van der Waals surface area contributed by atoms with Gasteiger partial charge in [-0.15, -0.1) is 11.6 Å². The van der Waals surface area contributed by atoms with Crippen LogP contribution in [0.1, 0.15) is 43.7 Å². The summed E-state index contributed by atoms with van der Waals surface area (Å²) < 4.78 is 7.62. The number of hydrogen-bond donors (Lipinski definition) is 0. The molecule has 1 aliphatic heterocycles. The molecule has 0 saturated carbocycles. The smallest absolute Gasteiger partial charge is 0.150 e. The van der Waals surface area contributed by atoms with E-state index < -0.39 is 0 Å². The molecule has 0 spiro atoms. The molecule has 15 heavy (non-hydrogen) atoms. The normalized spacial score (nSPS) is 21.9. The lowest BCUT2D eigenvalue weighted by molar-refractivity contribution is -0.0396. The fourth-order valence-electron chi connectivity index (χ4n) is 1.95. The van der Waals surface area contributed by atoms with Gasteiger partial charge in [-0.1, -0.05) is 6.92 Å². The molecule has 2 rings (SSSR count). The predicted molar refractivity (Wildman–Crippen MR) is 60.0 cm³/mol. The average molecular weight is 229 g/mol. The molecule has 0 bridgehead atoms. The molecule has 1 aliphatic rings. The summed E-state index contributed by atoms with van der Waals surface area (Å²) in [6, 6.07) is 0. The van der Waals surface area contributed by atoms with Gasteiger partial charge in [-0.05, 0) is 31.2 Å². The third-order valence-electron chi connectivity index (χ3n) is 2.85. The average Bonchev–Trinajstić information content (AvgIpc) is 2.73. The number of halogens is 1. The van der Waals surface area contributed by atoms with Gasteiger partial charge in [-0.3, -0.25) is 0 Å². The highest BCUT2D eigenvalue weighted by Crippen LogP contribution is 2.23. The zero-order valence-electron chi connectivity index (χ0n) is 9.08. The van der Waals surface area contributed by atoms with Crippen molar-refractivity contribution in [3.05, 3.63) is 17.5 Å². The second-order valence-electron chi connectivity index (χ2n) is 3.89. The topological polar surface area (TPSA) is 27.1 Å². The molecular formula is C11H17ClN2O. The summed E-state index contributed by atoms with van der Waals surface area (Å²) in [7, 11) is 0. The van der Waals surface area contributed by atoms with Crippen molar-refractivity contribution in [3.63, 3.8) is 0 Å². The minimum Gasteiger partial charge on any atom is -0.357 e. The Balaban J connectivity index is 2.16. The van der Waals surface area contributed by atoms with Gasteiger partial charge < -0.3 is 4.74 Å². The van der Waals surface area contributed by atoms with Crippen LogP contribution in [0.5, 0.6) is 0 Å². The molecule has 0 N–H and O–H groups in total. The van der Waals surface area contributed by atoms with Crippen LogP contribution >= 0.6 is 11.6 Å². The zero-order valence-corrected chi connectivity index (χ0v) is 9.83. The number of nitrogens with zero attached hydrogens (tertiary/aromatic N) is 2. The van der Waals surface area contributed by atoms with Crippen molar-refractivity contribution in [2.75, 3.05) is 6.61 Å². The Morgan fingerprint density at radius 2 is 2.47 bits per heavy atom. The Morgan fingerprint density at radius 1 is 1.60 bits per heavy atom. The third kappa shape index (κ3) is 2.34. The molecule has 1 aromatic rings. The van der Waals surface area contributed by atoms with E-state index >= 15 is 0 Å². The monoisotopic (exact) mass is 228 g/mol. The molecule has 2 heterocycles. The van der Waals surface area contributed by atoms with Crippen LogP contribution in [0.2, 0.25) is 0 Å². The van der Waals surface area contributed by atoms with Crippen molar-refractivity contribution in [1.82, 2.24) is 9.78 Å². The van der Waals surface area contributed by atoms with Gasteiger partial charge >= 0.3 is 0 Å². The summed E-state index contributed by atoms with van der Waals surface area (Å²) in [6.45, 7) is 2.97. The Morgan fingerprint density at radius 3 is 3.00 bits per heavy atom. The maximum absolute atomic E-state index is 5.85. The second-order valence-corrected chi connectivity index (χ2v) is 4.16. The number of aromatic nitrogens is 2. The van der Waals surface area contributed by atoms with Gasteiger partial charge in [0.25, 0.3) is 0 Å². The summed E-state index contributed by atoms with van der Waals surface area (Å²) >= 11 is 5.85. The summed E-state index contributed by atoms with van der Waals surface area (Å²) in [4.78, 5) is 0. The molecular weight excluding hydrogens is 212 g/mol. The molecule has 1 aromatic heterocycles. The van der Waals surface area contributed by atoms with Gasteiger partial charge in [0.15, 0.2) is 0 Å². The van der Waals surface area contributed by atoms with E-state index in [2.05, 4.69) is 18.2 Å². The van der Waals surface area contributed by atoms with Crippen LogP contribution in [0.15, 0.2) is 6.20 Å². The quantitative estimate of drug-likeness (QED) is 0.744. The number of ether oxygens (including phenoxy) is 1. The molecule has 0 radical (unpaired) electrons. The Hall–Kier alpha value is -0.540. The molecule has 0 aliphatic carbocycles. The summed E-state index contributed by atoms with van der Waals surface area (Å²) in [5.41, 5.74) is 2.23. The highest BCUT2D eigenvalue weighted by molar-refractivity contribution is 6.17. The van der Waals surface area contributed by atoms with Crippen LogP contribution in [-0.4, -0.2) is 16.4 Å². The Labute approximate surface area is 95.4 Å². The minimum atomic E-state index is 0.126. The van der Waals surface area contributed by atoms with Crippen molar-refractivity contribution in [3.8, 4) is 0 Å². The SMILES string of the molecule is CCc1cn(C2CCCCO2)nc1CCl. The second kappa shape index (κ2) is 4.99. The van der Waals surface area contributed by atoms with Crippen molar-refractivity contribution in [2.24, 2.45) is 0 Å². The molecule has 1 unspecified atom stereocenters. The maximum atomic E-state index is 5.85. The van der Waals surface area contributed by atoms with E-state index in [4.69, 9.17) is 16.3 Å². The van der Waals surface area contributed by atoms with Crippen LogP contribution in [0.3, 0.4) is 0 Å². The first kappa shape index (κ1) is 11.0. The van der Waals surface area contributed by atoms with E-state index in [1.54, 1.807) is 0 Å². The number of rotatable bonds is 3. The number of hydrogen-bond acceptors (Lipinski definition) is 2. The van der Waals surface area contributed by atoms with Gasteiger partial charge in [0.2, 0.25) is 0 Å². The van der Waals surface area contributed by atoms with Gasteiger partial charge in [-0.25, -0.2) is 4.68 Å². The largest absolute Gasteiger partial charge is 0.357 e. The summed E-state index contributed by atoms with van der Waals surface area (Å²) in [5, 5.41) is 4.48. The number of aryl methyl sites for hydroxylation is 1. The molecule has 4 heteroatoms. The molecule has 0 amide bonds. The molecule has 84 valence electrons. The first-order valence-corrected chi connectivity index (χ1v) is 6.13. The van der Waals surface area contributed by atoms with E-state index in [0.29, 0.717) is 5.88 Å². The van der Waals surface area contributed by atoms with Gasteiger partial charge in [0.1, 0.15) is 6.23 Å². The first-order chi connectivity index (χ1) is 7.35. The fourth-order valence-corrected chi connectivity index (χ4v) is 2.18. The lowest BCUT2D eigenvalue weighted by atomic mass is 10.2. The molecule has 1 atom stereocenters. The fraction of sp³-hybridized carbons (Fsp3) is 0.727. The van der Waals surface area contributed by atoms with Crippen LogP contribution in [0.4, 0.5) is 0 Å². The van der Waals surface area contributed by atoms with Gasteiger partial charge in [-0.2, -0.15) is 5.10 Å². The molecule has 1 saturated heterocycles. The predicted octanol–water partition coefficient (Wildman–Crippen LogP) is 2.88. The van der Waals surface area contributed by atoms with Crippen LogP contribution < -0.4 is 0 Å². The molecule has 1 fully saturated rings. The third-order valence-corrected chi connectivity index (χ3v) is 3.11. The lowest BCUT2D eigenvalue weighted by Crippen LogP contribution is -2.18. The Bertz CT molecular complexity index is 297. The summed E-state index contributed by atoms with van der Waals surface area (Å²) in [5.74, 6) is 0.489. The standard InChI is InChI=1S/C11H17ClN2O/c1-2-9-8-14(13-10(9)7-12)11-5-3-4-6-15-11/h8,11H,2-7H2,1H3. The highest BCUT2D eigenvalue weighted by Gasteiger charge is 2.18. The van der Waals surface area contributed by atoms with E-state index in [1.807, 2.05) is 4.68 Å². The highest BCUT2D eigenvalue weighted by atomic mass is 35.5. The molecule has 3 nitrogen and oxygen atoms in total. The minimum absolute atomic E-state index is 0.126. The van der Waals surface area contributed by atoms with E-state index in [0.717, 1.165) is 25.1 Å². The maximum Gasteiger partial charge on any atom is 0.150 e. The molecule has 0 aromatic carbocycles.